The Bertz CT molecular complexity index is 756. The highest BCUT2D eigenvalue weighted by Crippen LogP contribution is 2.29. The average Bonchev–Trinajstić information content (AvgIpc) is 2.44. The second-order valence-electron chi connectivity index (χ2n) is 3.74. The topological polar surface area (TPSA) is 30.2 Å². The zero-order valence-corrected chi connectivity index (χ0v) is 10.7. The summed E-state index contributed by atoms with van der Waals surface area (Å²) in [5, 5.41) is 0.171. The molecular formula is C15H10ClFO2. The number of para-hydroxylation sites is 1. The van der Waals surface area contributed by atoms with Gasteiger partial charge in [0, 0.05) is 0 Å². The summed E-state index contributed by atoms with van der Waals surface area (Å²) in [6.07, 6.45) is 2.23. The van der Waals surface area contributed by atoms with Crippen LogP contribution in [0.2, 0.25) is 5.02 Å². The Hall–Kier alpha value is -2.13. The Balaban J connectivity index is 2.89. The molecule has 0 aliphatic heterocycles. The van der Waals surface area contributed by atoms with Crippen LogP contribution in [0.5, 0.6) is 0 Å². The minimum atomic E-state index is -0.657. The maximum Gasteiger partial charge on any atom is 0.211 e. The van der Waals surface area contributed by atoms with Gasteiger partial charge in [-0.05, 0) is 18.2 Å². The van der Waals surface area contributed by atoms with Crippen molar-refractivity contribution in [2.75, 3.05) is 0 Å². The van der Waals surface area contributed by atoms with Crippen LogP contribution in [0.4, 0.5) is 4.39 Å². The molecule has 0 N–H and O–H groups in total. The number of fused-ring (bicyclic) bond motifs is 1. The van der Waals surface area contributed by atoms with Gasteiger partial charge in [-0.25, -0.2) is 4.39 Å². The lowest BCUT2D eigenvalue weighted by molar-refractivity contribution is 0.581. The Morgan fingerprint density at radius 3 is 2.58 bits per heavy atom. The molecule has 1 aromatic heterocycles. The van der Waals surface area contributed by atoms with Crippen LogP contribution in [-0.2, 0) is 0 Å². The van der Waals surface area contributed by atoms with Crippen molar-refractivity contribution in [2.24, 2.45) is 0 Å². The first-order valence-corrected chi connectivity index (χ1v) is 5.84. The van der Waals surface area contributed by atoms with Gasteiger partial charge in [-0.1, -0.05) is 43.0 Å². The fraction of sp³-hybridized carbons (Fsp3) is 0. The van der Waals surface area contributed by atoms with Crippen LogP contribution >= 0.6 is 11.6 Å². The molecule has 0 amide bonds. The van der Waals surface area contributed by atoms with Gasteiger partial charge < -0.3 is 4.42 Å². The second-order valence-corrected chi connectivity index (χ2v) is 4.12. The molecule has 0 bridgehead atoms. The van der Waals surface area contributed by atoms with Gasteiger partial charge in [-0.15, -0.1) is 0 Å². The van der Waals surface area contributed by atoms with E-state index in [2.05, 4.69) is 13.2 Å². The van der Waals surface area contributed by atoms with E-state index in [1.54, 1.807) is 24.3 Å². The predicted octanol–water partition coefficient (Wildman–Crippen LogP) is 4.50. The zero-order valence-electron chi connectivity index (χ0n) is 9.95. The second kappa shape index (κ2) is 5.24. The molecule has 0 aliphatic rings. The van der Waals surface area contributed by atoms with Gasteiger partial charge in [-0.2, -0.15) is 0 Å². The standard InChI is InChI=1S/C15H10ClFO2/c1-3-9(11(17)4-2)15-13(16)14(18)10-7-5-6-8-12(10)19-15/h3-8H,1-2H2/b11-9-. The number of hydrogen-bond acceptors (Lipinski definition) is 2. The Kier molecular flexibility index (Phi) is 3.67. The molecule has 1 heterocycles. The molecule has 0 unspecified atom stereocenters. The minimum absolute atomic E-state index is 0.00264. The summed E-state index contributed by atoms with van der Waals surface area (Å²) in [7, 11) is 0. The van der Waals surface area contributed by atoms with Gasteiger partial charge in [0.1, 0.15) is 16.4 Å². The molecule has 1 aromatic carbocycles. The summed E-state index contributed by atoms with van der Waals surface area (Å²) in [6, 6.07) is 6.62. The average molecular weight is 277 g/mol. The van der Waals surface area contributed by atoms with E-state index in [4.69, 9.17) is 16.0 Å². The minimum Gasteiger partial charge on any atom is -0.454 e. The molecule has 2 rings (SSSR count). The third kappa shape index (κ3) is 2.25. The number of benzene rings is 1. The predicted molar refractivity (Wildman–Crippen MR) is 75.9 cm³/mol. The van der Waals surface area contributed by atoms with E-state index >= 15 is 0 Å². The highest BCUT2D eigenvalue weighted by atomic mass is 35.5. The maximum atomic E-state index is 13.7. The molecule has 0 fully saturated rings. The van der Waals surface area contributed by atoms with Crippen molar-refractivity contribution >= 4 is 28.1 Å². The SMILES string of the molecule is C=C/C(F)=C(\C=C)c1oc2ccccc2c(=O)c1Cl. The van der Waals surface area contributed by atoms with Crippen LogP contribution in [0.15, 0.2) is 64.6 Å². The van der Waals surface area contributed by atoms with Crippen LogP contribution in [-0.4, -0.2) is 0 Å². The molecule has 19 heavy (non-hydrogen) atoms. The van der Waals surface area contributed by atoms with Gasteiger partial charge in [0.15, 0.2) is 5.76 Å². The number of hydrogen-bond donors (Lipinski definition) is 0. The lowest BCUT2D eigenvalue weighted by atomic mass is 10.1. The van der Waals surface area contributed by atoms with Crippen molar-refractivity contribution in [3.63, 3.8) is 0 Å². The summed E-state index contributed by atoms with van der Waals surface area (Å²) in [6.45, 7) is 6.82. The lowest BCUT2D eigenvalue weighted by Gasteiger charge is -2.06. The highest BCUT2D eigenvalue weighted by molar-refractivity contribution is 6.32. The van der Waals surface area contributed by atoms with Crippen LogP contribution < -0.4 is 5.43 Å². The highest BCUT2D eigenvalue weighted by Gasteiger charge is 2.16. The molecule has 0 atom stereocenters. The normalized spacial score (nSPS) is 12.1. The zero-order chi connectivity index (χ0) is 14.0. The monoisotopic (exact) mass is 276 g/mol. The summed E-state index contributed by atoms with van der Waals surface area (Å²) in [4.78, 5) is 12.1. The molecule has 96 valence electrons. The van der Waals surface area contributed by atoms with Crippen LogP contribution in [0.1, 0.15) is 5.76 Å². The quantitative estimate of drug-likeness (QED) is 0.773. The number of allylic oxidation sites excluding steroid dienone is 4. The van der Waals surface area contributed by atoms with Gasteiger partial charge in [0.05, 0.1) is 11.0 Å². The van der Waals surface area contributed by atoms with E-state index < -0.39 is 11.3 Å². The largest absolute Gasteiger partial charge is 0.454 e. The molecule has 4 heteroatoms. The first kappa shape index (κ1) is 13.3. The molecule has 0 spiro atoms. The number of halogens is 2. The lowest BCUT2D eigenvalue weighted by Crippen LogP contribution is -2.05. The van der Waals surface area contributed by atoms with Gasteiger partial charge in [-0.3, -0.25) is 4.79 Å². The third-order valence-electron chi connectivity index (χ3n) is 2.63. The van der Waals surface area contributed by atoms with Crippen LogP contribution in [0.3, 0.4) is 0 Å². The fourth-order valence-electron chi connectivity index (χ4n) is 1.70. The van der Waals surface area contributed by atoms with Crippen molar-refractivity contribution < 1.29 is 8.81 Å². The summed E-state index contributed by atoms with van der Waals surface area (Å²) in [5.74, 6) is -0.701. The van der Waals surface area contributed by atoms with E-state index in [1.807, 2.05) is 0 Å². The molecule has 2 nitrogen and oxygen atoms in total. The van der Waals surface area contributed by atoms with E-state index in [1.165, 1.54) is 6.08 Å². The summed E-state index contributed by atoms with van der Waals surface area (Å²) >= 11 is 5.96. The Morgan fingerprint density at radius 1 is 1.26 bits per heavy atom. The van der Waals surface area contributed by atoms with Gasteiger partial charge in [0.25, 0.3) is 0 Å². The summed E-state index contributed by atoms with van der Waals surface area (Å²) in [5.41, 5.74) is -0.0688. The Labute approximate surface area is 114 Å². The smallest absolute Gasteiger partial charge is 0.211 e. The maximum absolute atomic E-state index is 13.7. The van der Waals surface area contributed by atoms with Crippen molar-refractivity contribution in [3.8, 4) is 0 Å². The van der Waals surface area contributed by atoms with Crippen molar-refractivity contribution in [2.45, 2.75) is 0 Å². The molecule has 2 aromatic rings. The van der Waals surface area contributed by atoms with Crippen LogP contribution in [0, 0.1) is 0 Å². The van der Waals surface area contributed by atoms with Crippen molar-refractivity contribution in [1.29, 1.82) is 0 Å². The Morgan fingerprint density at radius 2 is 1.95 bits per heavy atom. The number of rotatable bonds is 3. The molecular weight excluding hydrogens is 267 g/mol. The van der Waals surface area contributed by atoms with E-state index in [0.717, 1.165) is 6.08 Å². The van der Waals surface area contributed by atoms with Gasteiger partial charge in [0.2, 0.25) is 5.43 Å². The fourth-order valence-corrected chi connectivity index (χ4v) is 1.94. The first-order chi connectivity index (χ1) is 9.10. The summed E-state index contributed by atoms with van der Waals surface area (Å²) < 4.78 is 19.2. The molecule has 0 radical (unpaired) electrons. The van der Waals surface area contributed by atoms with E-state index in [0.29, 0.717) is 11.0 Å². The molecule has 0 saturated carbocycles. The van der Waals surface area contributed by atoms with Crippen LogP contribution in [0.25, 0.3) is 16.5 Å². The van der Waals surface area contributed by atoms with E-state index in [-0.39, 0.29) is 16.4 Å². The van der Waals surface area contributed by atoms with Crippen molar-refractivity contribution in [3.05, 3.63) is 76.4 Å². The van der Waals surface area contributed by atoms with Crippen molar-refractivity contribution in [1.82, 2.24) is 0 Å². The molecule has 0 aliphatic carbocycles. The van der Waals surface area contributed by atoms with Gasteiger partial charge >= 0.3 is 0 Å². The molecule has 0 saturated heterocycles. The first-order valence-electron chi connectivity index (χ1n) is 5.46. The third-order valence-corrected chi connectivity index (χ3v) is 2.97. The van der Waals surface area contributed by atoms with E-state index in [9.17, 15) is 9.18 Å².